The first-order valence-corrected chi connectivity index (χ1v) is 6.72. The van der Waals surface area contributed by atoms with Gasteiger partial charge in [0.15, 0.2) is 0 Å². The normalized spacial score (nSPS) is 10.8. The van der Waals surface area contributed by atoms with Crippen LogP contribution in [0.2, 0.25) is 0 Å². The van der Waals surface area contributed by atoms with Gasteiger partial charge in [-0.15, -0.1) is 0 Å². The number of benzene rings is 2. The molecular formula is C18H18O3. The van der Waals surface area contributed by atoms with Gasteiger partial charge in [-0.05, 0) is 56.2 Å². The van der Waals surface area contributed by atoms with Crippen LogP contribution in [0.5, 0.6) is 11.5 Å². The zero-order valence-electron chi connectivity index (χ0n) is 12.4. The second kappa shape index (κ2) is 6.27. The summed E-state index contributed by atoms with van der Waals surface area (Å²) in [7, 11) is 0. The van der Waals surface area contributed by atoms with Crippen LogP contribution in [0.25, 0.3) is 6.08 Å². The topological polar surface area (TPSA) is 46.5 Å². The molecule has 0 spiro atoms. The number of carbonyl (C=O) groups is 1. The van der Waals surface area contributed by atoms with Gasteiger partial charge < -0.3 is 9.84 Å². The number of aliphatic carboxylic acids is 1. The van der Waals surface area contributed by atoms with E-state index in [9.17, 15) is 4.79 Å². The Morgan fingerprint density at radius 2 is 1.67 bits per heavy atom. The molecule has 0 aliphatic heterocycles. The Balaban J connectivity index is 2.39. The van der Waals surface area contributed by atoms with Crippen LogP contribution >= 0.6 is 0 Å². The van der Waals surface area contributed by atoms with Gasteiger partial charge in [-0.25, -0.2) is 4.79 Å². The van der Waals surface area contributed by atoms with Crippen LogP contribution in [0.4, 0.5) is 0 Å². The summed E-state index contributed by atoms with van der Waals surface area (Å²) in [6, 6.07) is 11.7. The van der Waals surface area contributed by atoms with Gasteiger partial charge in [0.2, 0.25) is 0 Å². The van der Waals surface area contributed by atoms with E-state index in [1.54, 1.807) is 6.08 Å². The largest absolute Gasteiger partial charge is 0.478 e. The molecule has 0 atom stereocenters. The predicted molar refractivity (Wildman–Crippen MR) is 83.8 cm³/mol. The van der Waals surface area contributed by atoms with Gasteiger partial charge in [-0.1, -0.05) is 23.8 Å². The van der Waals surface area contributed by atoms with Crippen LogP contribution in [-0.2, 0) is 4.79 Å². The average molecular weight is 282 g/mol. The average Bonchev–Trinajstić information content (AvgIpc) is 2.43. The van der Waals surface area contributed by atoms with Crippen LogP contribution < -0.4 is 4.74 Å². The molecule has 2 aromatic carbocycles. The highest BCUT2D eigenvalue weighted by atomic mass is 16.5. The molecule has 0 radical (unpaired) electrons. The Bertz CT molecular complexity index is 700. The lowest BCUT2D eigenvalue weighted by Gasteiger charge is -2.12. The van der Waals surface area contributed by atoms with Crippen molar-refractivity contribution in [3.8, 4) is 11.5 Å². The third kappa shape index (κ3) is 3.96. The maximum atomic E-state index is 10.7. The van der Waals surface area contributed by atoms with Crippen molar-refractivity contribution >= 4 is 12.0 Å². The van der Waals surface area contributed by atoms with Gasteiger partial charge in [0.05, 0.1) is 0 Å². The van der Waals surface area contributed by atoms with Crippen molar-refractivity contribution < 1.29 is 14.6 Å². The summed E-state index contributed by atoms with van der Waals surface area (Å²) in [5.41, 5.74) is 3.95. The SMILES string of the molecule is Cc1ccc(Oc2cc(C)ccc2C)c(/C=C/C(=O)O)c1. The standard InChI is InChI=1S/C18H18O3/c1-12-5-8-16(15(10-12)7-9-18(19)20)21-17-11-13(2)4-6-14(17)3/h4-11H,1-3H3,(H,19,20)/b9-7+. The fourth-order valence-electron chi connectivity index (χ4n) is 1.99. The number of hydrogen-bond acceptors (Lipinski definition) is 2. The second-order valence-electron chi connectivity index (χ2n) is 5.08. The first kappa shape index (κ1) is 14.9. The number of rotatable bonds is 4. The van der Waals surface area contributed by atoms with Crippen molar-refractivity contribution in [2.45, 2.75) is 20.8 Å². The van der Waals surface area contributed by atoms with Crippen LogP contribution in [0.3, 0.4) is 0 Å². The van der Waals surface area contributed by atoms with Crippen LogP contribution in [-0.4, -0.2) is 11.1 Å². The van der Waals surface area contributed by atoms with E-state index in [2.05, 4.69) is 0 Å². The second-order valence-corrected chi connectivity index (χ2v) is 5.08. The molecule has 0 amide bonds. The molecule has 3 nitrogen and oxygen atoms in total. The van der Waals surface area contributed by atoms with Crippen molar-refractivity contribution in [2.75, 3.05) is 0 Å². The summed E-state index contributed by atoms with van der Waals surface area (Å²) >= 11 is 0. The van der Waals surface area contributed by atoms with E-state index in [-0.39, 0.29) is 0 Å². The van der Waals surface area contributed by atoms with E-state index < -0.39 is 5.97 Å². The van der Waals surface area contributed by atoms with E-state index >= 15 is 0 Å². The first-order valence-electron chi connectivity index (χ1n) is 6.72. The molecule has 0 saturated carbocycles. The molecule has 0 heterocycles. The minimum atomic E-state index is -0.978. The summed E-state index contributed by atoms with van der Waals surface area (Å²) < 4.78 is 5.96. The van der Waals surface area contributed by atoms with Crippen molar-refractivity contribution in [1.29, 1.82) is 0 Å². The third-order valence-corrected chi connectivity index (χ3v) is 3.13. The Hall–Kier alpha value is -2.55. The summed E-state index contributed by atoms with van der Waals surface area (Å²) in [5.74, 6) is 0.449. The predicted octanol–water partition coefficient (Wildman–Crippen LogP) is 4.50. The molecular weight excluding hydrogens is 264 g/mol. The maximum absolute atomic E-state index is 10.7. The zero-order valence-corrected chi connectivity index (χ0v) is 12.4. The van der Waals surface area contributed by atoms with E-state index in [1.165, 1.54) is 0 Å². The highest BCUT2D eigenvalue weighted by Crippen LogP contribution is 2.30. The summed E-state index contributed by atoms with van der Waals surface area (Å²) in [6.07, 6.45) is 2.67. The molecule has 2 rings (SSSR count). The Morgan fingerprint density at radius 1 is 1.00 bits per heavy atom. The summed E-state index contributed by atoms with van der Waals surface area (Å²) in [4.78, 5) is 10.7. The van der Waals surface area contributed by atoms with Gasteiger partial charge in [0.1, 0.15) is 11.5 Å². The molecule has 1 N–H and O–H groups in total. The van der Waals surface area contributed by atoms with Gasteiger partial charge in [0, 0.05) is 11.6 Å². The molecule has 21 heavy (non-hydrogen) atoms. The molecule has 0 aliphatic carbocycles. The lowest BCUT2D eigenvalue weighted by Crippen LogP contribution is -1.92. The molecule has 0 aromatic heterocycles. The highest BCUT2D eigenvalue weighted by Gasteiger charge is 2.06. The number of hydrogen-bond donors (Lipinski definition) is 1. The quantitative estimate of drug-likeness (QED) is 0.840. The van der Waals surface area contributed by atoms with Gasteiger partial charge in [-0.3, -0.25) is 0 Å². The van der Waals surface area contributed by atoms with Crippen molar-refractivity contribution in [3.05, 3.63) is 64.7 Å². The van der Waals surface area contributed by atoms with Gasteiger partial charge >= 0.3 is 5.97 Å². The number of carboxylic acids is 1. The molecule has 0 unspecified atom stereocenters. The van der Waals surface area contributed by atoms with Crippen LogP contribution in [0, 0.1) is 20.8 Å². The Morgan fingerprint density at radius 3 is 2.38 bits per heavy atom. The molecule has 3 heteroatoms. The number of ether oxygens (including phenoxy) is 1. The summed E-state index contributed by atoms with van der Waals surface area (Å²) in [5, 5.41) is 8.78. The van der Waals surface area contributed by atoms with E-state index in [1.807, 2.05) is 57.2 Å². The van der Waals surface area contributed by atoms with Gasteiger partial charge in [-0.2, -0.15) is 0 Å². The number of carboxylic acid groups (broad SMARTS) is 1. The summed E-state index contributed by atoms with van der Waals surface area (Å²) in [6.45, 7) is 5.95. The minimum absolute atomic E-state index is 0.645. The van der Waals surface area contributed by atoms with Gasteiger partial charge in [0.25, 0.3) is 0 Å². The molecule has 108 valence electrons. The molecule has 0 bridgehead atoms. The zero-order chi connectivity index (χ0) is 15.4. The molecule has 2 aromatic rings. The monoisotopic (exact) mass is 282 g/mol. The van der Waals surface area contributed by atoms with E-state index in [0.29, 0.717) is 5.75 Å². The highest BCUT2D eigenvalue weighted by molar-refractivity contribution is 5.86. The maximum Gasteiger partial charge on any atom is 0.328 e. The fraction of sp³-hybridized carbons (Fsp3) is 0.167. The molecule has 0 fully saturated rings. The van der Waals surface area contributed by atoms with Crippen LogP contribution in [0.15, 0.2) is 42.5 Å². The smallest absolute Gasteiger partial charge is 0.328 e. The van der Waals surface area contributed by atoms with Crippen LogP contribution in [0.1, 0.15) is 22.3 Å². The molecule has 0 aliphatic rings. The van der Waals surface area contributed by atoms with E-state index in [4.69, 9.17) is 9.84 Å². The molecule has 0 saturated heterocycles. The first-order chi connectivity index (χ1) is 9.95. The number of aryl methyl sites for hydroxylation is 3. The van der Waals surface area contributed by atoms with E-state index in [0.717, 1.165) is 34.1 Å². The fourth-order valence-corrected chi connectivity index (χ4v) is 1.99. The van der Waals surface area contributed by atoms with Crippen molar-refractivity contribution in [3.63, 3.8) is 0 Å². The Labute approximate surface area is 124 Å². The Kier molecular flexibility index (Phi) is 4.43. The lowest BCUT2D eigenvalue weighted by atomic mass is 10.1. The lowest BCUT2D eigenvalue weighted by molar-refractivity contribution is -0.131. The minimum Gasteiger partial charge on any atom is -0.478 e. The van der Waals surface area contributed by atoms with Crippen molar-refractivity contribution in [2.24, 2.45) is 0 Å². The third-order valence-electron chi connectivity index (χ3n) is 3.13. The van der Waals surface area contributed by atoms with Crippen molar-refractivity contribution in [1.82, 2.24) is 0 Å².